The minimum Gasteiger partial charge on any atom is -0.480 e. The monoisotopic (exact) mass is 336 g/mol. The standard InChI is InChI=1S/C23H16N2O/c1-3-9-16(10-4-1)22-19-15-24-23(17-11-5-2-6-12-17)25-21(19)18-13-7-8-14-20(18)26-22/h1-15,22H. The summed E-state index contributed by atoms with van der Waals surface area (Å²) < 4.78 is 6.31. The third-order valence-electron chi connectivity index (χ3n) is 4.62. The van der Waals surface area contributed by atoms with Crippen molar-refractivity contribution in [3.05, 3.63) is 102 Å². The Morgan fingerprint density at radius 1 is 0.731 bits per heavy atom. The lowest BCUT2D eigenvalue weighted by molar-refractivity contribution is 0.242. The molecule has 1 atom stereocenters. The summed E-state index contributed by atoms with van der Waals surface area (Å²) in [4.78, 5) is 9.53. The predicted octanol–water partition coefficient (Wildman–Crippen LogP) is 5.29. The van der Waals surface area contributed by atoms with Crippen LogP contribution in [0.4, 0.5) is 0 Å². The smallest absolute Gasteiger partial charge is 0.159 e. The van der Waals surface area contributed by atoms with Crippen molar-refractivity contribution < 1.29 is 4.74 Å². The minimum absolute atomic E-state index is 0.203. The van der Waals surface area contributed by atoms with E-state index < -0.39 is 0 Å². The van der Waals surface area contributed by atoms with Crippen LogP contribution in [0.25, 0.3) is 22.6 Å². The summed E-state index contributed by atoms with van der Waals surface area (Å²) in [5.74, 6) is 1.58. The molecule has 4 aromatic rings. The van der Waals surface area contributed by atoms with Crippen molar-refractivity contribution in [3.8, 4) is 28.4 Å². The second-order valence-electron chi connectivity index (χ2n) is 6.27. The van der Waals surface area contributed by atoms with Crippen molar-refractivity contribution in [3.63, 3.8) is 0 Å². The lowest BCUT2D eigenvalue weighted by Gasteiger charge is -2.28. The SMILES string of the molecule is c1ccc(-c2ncc3c(n2)-c2ccccc2OC3c2ccccc2)cc1. The number of rotatable bonds is 2. The van der Waals surface area contributed by atoms with Crippen LogP contribution in [0.2, 0.25) is 0 Å². The largest absolute Gasteiger partial charge is 0.480 e. The molecule has 0 aliphatic carbocycles. The zero-order chi connectivity index (χ0) is 17.3. The summed E-state index contributed by atoms with van der Waals surface area (Å²) >= 11 is 0. The highest BCUT2D eigenvalue weighted by Crippen LogP contribution is 2.43. The first-order valence-corrected chi connectivity index (χ1v) is 8.63. The van der Waals surface area contributed by atoms with Gasteiger partial charge in [-0.15, -0.1) is 0 Å². The van der Waals surface area contributed by atoms with E-state index in [1.54, 1.807) is 0 Å². The van der Waals surface area contributed by atoms with Crippen molar-refractivity contribution in [2.45, 2.75) is 6.10 Å². The maximum atomic E-state index is 6.31. The molecule has 124 valence electrons. The Morgan fingerprint density at radius 3 is 2.23 bits per heavy atom. The van der Waals surface area contributed by atoms with Crippen LogP contribution in [0, 0.1) is 0 Å². The van der Waals surface area contributed by atoms with E-state index in [-0.39, 0.29) is 6.10 Å². The van der Waals surface area contributed by atoms with E-state index in [9.17, 15) is 0 Å². The molecule has 3 heteroatoms. The Morgan fingerprint density at radius 2 is 1.42 bits per heavy atom. The van der Waals surface area contributed by atoms with Gasteiger partial charge in [-0.2, -0.15) is 0 Å². The second kappa shape index (κ2) is 6.12. The molecular formula is C23H16N2O. The molecule has 0 radical (unpaired) electrons. The molecule has 1 aromatic heterocycles. The molecule has 1 aliphatic heterocycles. The molecule has 1 unspecified atom stereocenters. The second-order valence-corrected chi connectivity index (χ2v) is 6.27. The van der Waals surface area contributed by atoms with Crippen molar-refractivity contribution in [2.75, 3.05) is 0 Å². The predicted molar refractivity (Wildman–Crippen MR) is 102 cm³/mol. The lowest BCUT2D eigenvalue weighted by atomic mass is 9.94. The van der Waals surface area contributed by atoms with E-state index in [1.807, 2.05) is 72.9 Å². The number of nitrogens with zero attached hydrogens (tertiary/aromatic N) is 2. The summed E-state index contributed by atoms with van der Waals surface area (Å²) in [6, 6.07) is 28.3. The van der Waals surface area contributed by atoms with Gasteiger partial charge >= 0.3 is 0 Å². The fourth-order valence-electron chi connectivity index (χ4n) is 3.36. The van der Waals surface area contributed by atoms with Gasteiger partial charge in [0.15, 0.2) is 11.9 Å². The number of hydrogen-bond donors (Lipinski definition) is 0. The van der Waals surface area contributed by atoms with Crippen LogP contribution < -0.4 is 4.74 Å². The van der Waals surface area contributed by atoms with Gasteiger partial charge in [-0.3, -0.25) is 0 Å². The van der Waals surface area contributed by atoms with Crippen LogP contribution in [0.3, 0.4) is 0 Å². The first-order chi connectivity index (χ1) is 12.9. The number of fused-ring (bicyclic) bond motifs is 3. The number of para-hydroxylation sites is 1. The average molecular weight is 336 g/mol. The van der Waals surface area contributed by atoms with E-state index in [4.69, 9.17) is 9.72 Å². The molecule has 2 heterocycles. The van der Waals surface area contributed by atoms with Gasteiger partial charge in [0.2, 0.25) is 0 Å². The van der Waals surface area contributed by atoms with Crippen LogP contribution >= 0.6 is 0 Å². The number of ether oxygens (including phenoxy) is 1. The molecule has 0 bridgehead atoms. The van der Waals surface area contributed by atoms with Crippen molar-refractivity contribution >= 4 is 0 Å². The maximum absolute atomic E-state index is 6.31. The molecule has 0 fully saturated rings. The Balaban J connectivity index is 1.71. The molecule has 26 heavy (non-hydrogen) atoms. The van der Waals surface area contributed by atoms with Gasteiger partial charge in [-0.25, -0.2) is 9.97 Å². The van der Waals surface area contributed by atoms with E-state index >= 15 is 0 Å². The first kappa shape index (κ1) is 14.8. The van der Waals surface area contributed by atoms with Gasteiger partial charge in [0.1, 0.15) is 5.75 Å². The highest BCUT2D eigenvalue weighted by molar-refractivity contribution is 5.74. The van der Waals surface area contributed by atoms with Crippen molar-refractivity contribution in [1.82, 2.24) is 9.97 Å². The molecule has 3 nitrogen and oxygen atoms in total. The normalized spacial score (nSPS) is 14.8. The van der Waals surface area contributed by atoms with Gasteiger partial charge in [-0.05, 0) is 17.7 Å². The highest BCUT2D eigenvalue weighted by Gasteiger charge is 2.29. The fourth-order valence-corrected chi connectivity index (χ4v) is 3.36. The Bertz CT molecular complexity index is 1060. The van der Waals surface area contributed by atoms with Crippen LogP contribution in [-0.4, -0.2) is 9.97 Å². The van der Waals surface area contributed by atoms with Crippen molar-refractivity contribution in [1.29, 1.82) is 0 Å². The van der Waals surface area contributed by atoms with Gasteiger partial charge in [0, 0.05) is 22.9 Å². The minimum atomic E-state index is -0.203. The quantitative estimate of drug-likeness (QED) is 0.499. The third kappa shape index (κ3) is 2.45. The van der Waals surface area contributed by atoms with Crippen LogP contribution in [0.1, 0.15) is 17.2 Å². The van der Waals surface area contributed by atoms with Crippen LogP contribution in [0.5, 0.6) is 5.75 Å². The third-order valence-corrected chi connectivity index (χ3v) is 4.62. The van der Waals surface area contributed by atoms with E-state index in [0.29, 0.717) is 0 Å². The molecule has 0 N–H and O–H groups in total. The summed E-state index contributed by atoms with van der Waals surface area (Å²) in [5.41, 5.74) is 5.05. The maximum Gasteiger partial charge on any atom is 0.159 e. The van der Waals surface area contributed by atoms with E-state index in [1.165, 1.54) is 0 Å². The van der Waals surface area contributed by atoms with Crippen LogP contribution in [-0.2, 0) is 0 Å². The van der Waals surface area contributed by atoms with E-state index in [2.05, 4.69) is 23.2 Å². The summed E-state index contributed by atoms with van der Waals surface area (Å²) in [6.07, 6.45) is 1.70. The Hall–Kier alpha value is -3.46. The summed E-state index contributed by atoms with van der Waals surface area (Å²) in [5, 5.41) is 0. The molecule has 5 rings (SSSR count). The molecule has 0 spiro atoms. The summed E-state index contributed by atoms with van der Waals surface area (Å²) in [7, 11) is 0. The average Bonchev–Trinajstić information content (AvgIpc) is 2.74. The molecule has 0 saturated heterocycles. The molecular weight excluding hydrogens is 320 g/mol. The van der Waals surface area contributed by atoms with E-state index in [0.717, 1.165) is 39.5 Å². The van der Waals surface area contributed by atoms with Gasteiger partial charge in [0.25, 0.3) is 0 Å². The molecule has 3 aromatic carbocycles. The fraction of sp³-hybridized carbons (Fsp3) is 0.0435. The van der Waals surface area contributed by atoms with Gasteiger partial charge in [-0.1, -0.05) is 72.8 Å². The Kier molecular flexibility index (Phi) is 3.49. The number of aromatic nitrogens is 2. The zero-order valence-corrected chi connectivity index (χ0v) is 14.0. The highest BCUT2D eigenvalue weighted by atomic mass is 16.5. The number of hydrogen-bond acceptors (Lipinski definition) is 3. The lowest BCUT2D eigenvalue weighted by Crippen LogP contribution is -2.17. The molecule has 0 amide bonds. The van der Waals surface area contributed by atoms with Gasteiger partial charge < -0.3 is 4.74 Å². The topological polar surface area (TPSA) is 35.0 Å². The summed E-state index contributed by atoms with van der Waals surface area (Å²) in [6.45, 7) is 0. The molecule has 1 aliphatic rings. The molecule has 0 saturated carbocycles. The van der Waals surface area contributed by atoms with Crippen molar-refractivity contribution in [2.24, 2.45) is 0 Å². The Labute approximate surface area is 152 Å². The first-order valence-electron chi connectivity index (χ1n) is 8.63. The zero-order valence-electron chi connectivity index (χ0n) is 14.0. The number of benzene rings is 3. The van der Waals surface area contributed by atoms with Crippen LogP contribution in [0.15, 0.2) is 91.1 Å². The van der Waals surface area contributed by atoms with Gasteiger partial charge in [0.05, 0.1) is 5.69 Å².